The average molecular weight is 345 g/mol. The lowest BCUT2D eigenvalue weighted by molar-refractivity contribution is 0.627. The summed E-state index contributed by atoms with van der Waals surface area (Å²) in [5, 5.41) is 14.4. The lowest BCUT2D eigenvalue weighted by Gasteiger charge is -2.14. The molecule has 1 aliphatic rings. The molecule has 114 valence electrons. The molecule has 0 aliphatic carbocycles. The molecule has 23 heavy (non-hydrogen) atoms. The highest BCUT2D eigenvalue weighted by atomic mass is 35.5. The minimum absolute atomic E-state index is 0.260. The first-order chi connectivity index (χ1) is 11.2. The van der Waals surface area contributed by atoms with Gasteiger partial charge in [-0.3, -0.25) is 0 Å². The van der Waals surface area contributed by atoms with Crippen molar-refractivity contribution in [3.63, 3.8) is 0 Å². The molecule has 4 nitrogen and oxygen atoms in total. The number of nitrogens with zero attached hydrogens (tertiary/aromatic N) is 4. The van der Waals surface area contributed by atoms with Crippen LogP contribution in [0.2, 0.25) is 5.02 Å². The third-order valence-corrected chi connectivity index (χ3v) is 4.63. The topological polar surface area (TPSA) is 43.1 Å². The Hall–Kier alpha value is -2.18. The van der Waals surface area contributed by atoms with E-state index < -0.39 is 0 Å². The van der Waals surface area contributed by atoms with Gasteiger partial charge >= 0.3 is 0 Å². The number of rotatable bonds is 2. The van der Waals surface area contributed by atoms with Crippen LogP contribution >= 0.6 is 23.4 Å². The molecule has 0 radical (unpaired) electrons. The van der Waals surface area contributed by atoms with E-state index in [2.05, 4.69) is 15.3 Å². The van der Waals surface area contributed by atoms with Crippen molar-refractivity contribution in [1.29, 1.82) is 0 Å². The summed E-state index contributed by atoms with van der Waals surface area (Å²) in [7, 11) is 0. The van der Waals surface area contributed by atoms with Crippen LogP contribution in [0.25, 0.3) is 11.4 Å². The predicted molar refractivity (Wildman–Crippen MR) is 89.5 cm³/mol. The zero-order valence-electron chi connectivity index (χ0n) is 11.8. The van der Waals surface area contributed by atoms with Crippen molar-refractivity contribution in [3.8, 4) is 11.4 Å². The molecule has 0 saturated carbocycles. The molecule has 0 unspecified atom stereocenters. The fourth-order valence-electron chi connectivity index (χ4n) is 2.29. The SMILES string of the molecule is Fc1ccc(C2=Nn3c(nnc3-c3ccc(Cl)cc3)SC2)cc1. The van der Waals surface area contributed by atoms with Crippen LogP contribution < -0.4 is 0 Å². The second kappa shape index (κ2) is 5.79. The molecule has 1 aromatic heterocycles. The van der Waals surface area contributed by atoms with Gasteiger partial charge in [-0.2, -0.15) is 9.78 Å². The van der Waals surface area contributed by atoms with Crippen LogP contribution in [-0.2, 0) is 0 Å². The van der Waals surface area contributed by atoms with Crippen molar-refractivity contribution in [2.24, 2.45) is 5.10 Å². The largest absolute Gasteiger partial charge is 0.212 e. The van der Waals surface area contributed by atoms with Crippen LogP contribution in [-0.4, -0.2) is 26.3 Å². The van der Waals surface area contributed by atoms with Crippen molar-refractivity contribution >= 4 is 29.1 Å². The lowest BCUT2D eigenvalue weighted by Crippen LogP contribution is -2.13. The maximum absolute atomic E-state index is 13.1. The second-order valence-corrected chi connectivity index (χ2v) is 6.35. The van der Waals surface area contributed by atoms with Crippen LogP contribution in [0, 0.1) is 5.82 Å². The summed E-state index contributed by atoms with van der Waals surface area (Å²) >= 11 is 7.48. The van der Waals surface area contributed by atoms with Crippen LogP contribution in [0.4, 0.5) is 4.39 Å². The summed E-state index contributed by atoms with van der Waals surface area (Å²) in [5.74, 6) is 1.07. The molecule has 0 bridgehead atoms. The van der Waals surface area contributed by atoms with Crippen LogP contribution in [0.1, 0.15) is 5.56 Å². The third-order valence-electron chi connectivity index (χ3n) is 3.45. The molecule has 2 heterocycles. The van der Waals surface area contributed by atoms with Gasteiger partial charge in [-0.25, -0.2) is 4.39 Å². The van der Waals surface area contributed by atoms with Gasteiger partial charge in [0.25, 0.3) is 0 Å². The van der Waals surface area contributed by atoms with Gasteiger partial charge in [0.15, 0.2) is 5.82 Å². The van der Waals surface area contributed by atoms with E-state index in [0.29, 0.717) is 16.6 Å². The maximum atomic E-state index is 13.1. The minimum atomic E-state index is -0.260. The number of hydrogen-bond donors (Lipinski definition) is 0. The fourth-order valence-corrected chi connectivity index (χ4v) is 3.25. The monoisotopic (exact) mass is 344 g/mol. The molecule has 0 saturated heterocycles. The van der Waals surface area contributed by atoms with Gasteiger partial charge in [0, 0.05) is 16.3 Å². The third kappa shape index (κ3) is 2.75. The Balaban J connectivity index is 1.77. The Morgan fingerprint density at radius 2 is 1.65 bits per heavy atom. The number of hydrogen-bond acceptors (Lipinski definition) is 4. The molecule has 0 amide bonds. The summed E-state index contributed by atoms with van der Waals surface area (Å²) in [6.45, 7) is 0. The number of fused-ring (bicyclic) bond motifs is 1. The zero-order valence-corrected chi connectivity index (χ0v) is 13.4. The Morgan fingerprint density at radius 3 is 2.39 bits per heavy atom. The van der Waals surface area contributed by atoms with Crippen molar-refractivity contribution in [2.45, 2.75) is 5.16 Å². The smallest absolute Gasteiger partial charge is 0.207 e. The summed E-state index contributed by atoms with van der Waals surface area (Å²) in [4.78, 5) is 0. The molecule has 4 rings (SSSR count). The molecule has 0 fully saturated rings. The van der Waals surface area contributed by atoms with E-state index in [0.717, 1.165) is 22.0 Å². The Kier molecular flexibility index (Phi) is 3.63. The van der Waals surface area contributed by atoms with Gasteiger partial charge in [0.2, 0.25) is 5.16 Å². The molecule has 0 atom stereocenters. The molecular weight excluding hydrogens is 335 g/mol. The zero-order chi connectivity index (χ0) is 15.8. The maximum Gasteiger partial charge on any atom is 0.212 e. The predicted octanol–water partition coefficient (Wildman–Crippen LogP) is 4.10. The van der Waals surface area contributed by atoms with Gasteiger partial charge < -0.3 is 0 Å². The summed E-state index contributed by atoms with van der Waals surface area (Å²) in [6.07, 6.45) is 0. The number of benzene rings is 2. The summed E-state index contributed by atoms with van der Waals surface area (Å²) < 4.78 is 14.8. The Bertz CT molecular complexity index is 887. The number of halogens is 2. The van der Waals surface area contributed by atoms with Crippen molar-refractivity contribution in [1.82, 2.24) is 14.9 Å². The van der Waals surface area contributed by atoms with Crippen molar-refractivity contribution in [2.75, 3.05) is 5.75 Å². The Labute approximate surface area is 141 Å². The normalized spacial score (nSPS) is 13.6. The van der Waals surface area contributed by atoms with E-state index in [1.165, 1.54) is 12.1 Å². The lowest BCUT2D eigenvalue weighted by atomic mass is 10.1. The van der Waals surface area contributed by atoms with E-state index in [-0.39, 0.29) is 5.82 Å². The first-order valence-corrected chi connectivity index (χ1v) is 8.25. The molecule has 0 spiro atoms. The van der Waals surface area contributed by atoms with Gasteiger partial charge in [-0.15, -0.1) is 10.2 Å². The first-order valence-electron chi connectivity index (χ1n) is 6.89. The van der Waals surface area contributed by atoms with Gasteiger partial charge in [0.1, 0.15) is 5.82 Å². The van der Waals surface area contributed by atoms with Crippen LogP contribution in [0.5, 0.6) is 0 Å². The second-order valence-electron chi connectivity index (χ2n) is 4.97. The highest BCUT2D eigenvalue weighted by molar-refractivity contribution is 7.99. The highest BCUT2D eigenvalue weighted by Crippen LogP contribution is 2.29. The van der Waals surface area contributed by atoms with Crippen LogP contribution in [0.15, 0.2) is 58.8 Å². The van der Waals surface area contributed by atoms with E-state index in [9.17, 15) is 4.39 Å². The number of aromatic nitrogens is 3. The molecule has 1 aliphatic heterocycles. The Morgan fingerprint density at radius 1 is 0.957 bits per heavy atom. The molecule has 0 N–H and O–H groups in total. The van der Waals surface area contributed by atoms with Crippen LogP contribution in [0.3, 0.4) is 0 Å². The van der Waals surface area contributed by atoms with Crippen molar-refractivity contribution in [3.05, 3.63) is 64.9 Å². The van der Waals surface area contributed by atoms with Crippen molar-refractivity contribution < 1.29 is 4.39 Å². The van der Waals surface area contributed by atoms with E-state index >= 15 is 0 Å². The van der Waals surface area contributed by atoms with Gasteiger partial charge in [0.05, 0.1) is 5.71 Å². The average Bonchev–Trinajstić information content (AvgIpc) is 2.99. The quantitative estimate of drug-likeness (QED) is 0.703. The van der Waals surface area contributed by atoms with E-state index in [1.54, 1.807) is 40.7 Å². The standard InChI is InChI=1S/C16H10ClFN4S/c17-12-5-1-11(2-6-12)15-19-20-16-22(15)21-14(9-23-16)10-3-7-13(18)8-4-10/h1-8H,9H2. The number of thioether (sulfide) groups is 1. The van der Waals surface area contributed by atoms with E-state index in [4.69, 9.17) is 11.6 Å². The molecular formula is C16H10ClFN4S. The fraction of sp³-hybridized carbons (Fsp3) is 0.0625. The highest BCUT2D eigenvalue weighted by Gasteiger charge is 2.20. The molecule has 3 aromatic rings. The minimum Gasteiger partial charge on any atom is -0.207 e. The molecule has 2 aromatic carbocycles. The van der Waals surface area contributed by atoms with Gasteiger partial charge in [-0.05, 0) is 42.0 Å². The van der Waals surface area contributed by atoms with Gasteiger partial charge in [-0.1, -0.05) is 35.5 Å². The summed E-state index contributed by atoms with van der Waals surface area (Å²) in [5.41, 5.74) is 2.63. The summed E-state index contributed by atoms with van der Waals surface area (Å²) in [6, 6.07) is 13.7. The molecule has 7 heteroatoms. The first kappa shape index (κ1) is 14.4. The van der Waals surface area contributed by atoms with E-state index in [1.807, 2.05) is 12.1 Å².